The zero-order chi connectivity index (χ0) is 16.4. The summed E-state index contributed by atoms with van der Waals surface area (Å²) in [6.07, 6.45) is 0.929. The molecule has 0 heterocycles. The molecule has 0 aliphatic rings. The van der Waals surface area contributed by atoms with Crippen molar-refractivity contribution in [2.45, 2.75) is 19.9 Å². The Morgan fingerprint density at radius 3 is 2.29 bits per heavy atom. The number of nitrogens with one attached hydrogen (secondary N) is 1. The van der Waals surface area contributed by atoms with Gasteiger partial charge in [0.2, 0.25) is 15.9 Å². The van der Waals surface area contributed by atoms with Gasteiger partial charge in [-0.2, -0.15) is 4.31 Å². The van der Waals surface area contributed by atoms with Crippen LogP contribution in [0.15, 0.2) is 12.1 Å². The van der Waals surface area contributed by atoms with E-state index in [1.807, 2.05) is 5.32 Å². The van der Waals surface area contributed by atoms with Crippen LogP contribution < -0.4 is 5.32 Å². The van der Waals surface area contributed by atoms with Crippen molar-refractivity contribution in [1.29, 1.82) is 0 Å². The number of carbonyl (C=O) groups excluding carboxylic acids is 1. The van der Waals surface area contributed by atoms with Crippen LogP contribution in [0.4, 0.5) is 18.9 Å². The van der Waals surface area contributed by atoms with Crippen LogP contribution in [-0.4, -0.2) is 37.5 Å². The fraction of sp³-hybridized carbons (Fsp3) is 0.417. The van der Waals surface area contributed by atoms with Gasteiger partial charge < -0.3 is 5.32 Å². The Balaban J connectivity index is 2.90. The van der Waals surface area contributed by atoms with E-state index in [-0.39, 0.29) is 0 Å². The average molecular weight is 324 g/mol. The molecule has 0 unspecified atom stereocenters. The van der Waals surface area contributed by atoms with Crippen LogP contribution in [0.25, 0.3) is 0 Å². The summed E-state index contributed by atoms with van der Waals surface area (Å²) in [6, 6.07) is 1.02. The summed E-state index contributed by atoms with van der Waals surface area (Å²) in [5.74, 6) is -5.50. The van der Waals surface area contributed by atoms with Gasteiger partial charge in [-0.25, -0.2) is 21.6 Å². The third-order valence-corrected chi connectivity index (χ3v) is 4.01. The van der Waals surface area contributed by atoms with Crippen molar-refractivity contribution < 1.29 is 26.4 Å². The summed E-state index contributed by atoms with van der Waals surface area (Å²) in [5.41, 5.74) is -0.559. The minimum Gasteiger partial charge on any atom is -0.322 e. The van der Waals surface area contributed by atoms with Gasteiger partial charge in [0.25, 0.3) is 0 Å². The molecule has 5 nitrogen and oxygen atoms in total. The van der Waals surface area contributed by atoms with Gasteiger partial charge in [-0.3, -0.25) is 4.79 Å². The van der Waals surface area contributed by atoms with Gasteiger partial charge in [0.1, 0.15) is 0 Å². The van der Waals surface area contributed by atoms with Gasteiger partial charge in [0.15, 0.2) is 17.5 Å². The van der Waals surface area contributed by atoms with Crippen LogP contribution in [0.2, 0.25) is 0 Å². The van der Waals surface area contributed by atoms with Crippen LogP contribution in [0.1, 0.15) is 13.8 Å². The van der Waals surface area contributed by atoms with Gasteiger partial charge >= 0.3 is 0 Å². The highest BCUT2D eigenvalue weighted by atomic mass is 32.2. The van der Waals surface area contributed by atoms with E-state index < -0.39 is 51.7 Å². The van der Waals surface area contributed by atoms with Crippen molar-refractivity contribution in [3.8, 4) is 0 Å². The standard InChI is InChI=1S/C12H15F3N2O3S/c1-7(2)17(21(3,19)20)6-10(18)16-9-5-4-8(13)11(14)12(9)15/h4-5,7H,6H2,1-3H3,(H,16,18). The number of hydrogen-bond acceptors (Lipinski definition) is 3. The quantitative estimate of drug-likeness (QED) is 0.839. The lowest BCUT2D eigenvalue weighted by molar-refractivity contribution is -0.116. The Kier molecular flexibility index (Phi) is 5.35. The molecule has 0 bridgehead atoms. The Hall–Kier alpha value is -1.61. The van der Waals surface area contributed by atoms with E-state index >= 15 is 0 Å². The maximum absolute atomic E-state index is 13.4. The average Bonchev–Trinajstić information content (AvgIpc) is 2.35. The molecule has 0 aliphatic heterocycles. The lowest BCUT2D eigenvalue weighted by Crippen LogP contribution is -2.41. The van der Waals surface area contributed by atoms with Gasteiger partial charge in [0.05, 0.1) is 18.5 Å². The number of amides is 1. The smallest absolute Gasteiger partial charge is 0.239 e. The van der Waals surface area contributed by atoms with E-state index in [0.29, 0.717) is 6.07 Å². The second-order valence-corrected chi connectivity index (χ2v) is 6.61. The van der Waals surface area contributed by atoms with E-state index in [1.165, 1.54) is 0 Å². The number of sulfonamides is 1. The van der Waals surface area contributed by atoms with Gasteiger partial charge in [-0.1, -0.05) is 0 Å². The van der Waals surface area contributed by atoms with Crippen LogP contribution in [0, 0.1) is 17.5 Å². The molecule has 0 radical (unpaired) electrons. The molecule has 0 fully saturated rings. The van der Waals surface area contributed by atoms with Crippen molar-refractivity contribution >= 4 is 21.6 Å². The number of nitrogens with zero attached hydrogens (tertiary/aromatic N) is 1. The summed E-state index contributed by atoms with van der Waals surface area (Å²) in [7, 11) is -3.63. The normalized spacial score (nSPS) is 12.0. The van der Waals surface area contributed by atoms with Crippen molar-refractivity contribution in [1.82, 2.24) is 4.31 Å². The maximum atomic E-state index is 13.4. The summed E-state index contributed by atoms with van der Waals surface area (Å²) in [4.78, 5) is 11.7. The minimum absolute atomic E-state index is 0.486. The highest BCUT2D eigenvalue weighted by Crippen LogP contribution is 2.19. The monoisotopic (exact) mass is 324 g/mol. The van der Waals surface area contributed by atoms with E-state index in [0.717, 1.165) is 16.6 Å². The van der Waals surface area contributed by atoms with Crippen LogP contribution in [0.5, 0.6) is 0 Å². The van der Waals surface area contributed by atoms with E-state index in [2.05, 4.69) is 0 Å². The topological polar surface area (TPSA) is 66.5 Å². The fourth-order valence-corrected chi connectivity index (χ4v) is 2.75. The molecule has 0 aromatic heterocycles. The lowest BCUT2D eigenvalue weighted by Gasteiger charge is -2.23. The number of carbonyl (C=O) groups is 1. The molecule has 9 heteroatoms. The second kappa shape index (κ2) is 6.44. The predicted molar refractivity (Wildman–Crippen MR) is 71.6 cm³/mol. The molecule has 1 N–H and O–H groups in total. The molecular formula is C12H15F3N2O3S. The molecule has 0 spiro atoms. The van der Waals surface area contributed by atoms with Crippen LogP contribution in [0.3, 0.4) is 0 Å². The molecular weight excluding hydrogens is 309 g/mol. The SMILES string of the molecule is CC(C)N(CC(=O)Nc1ccc(F)c(F)c1F)S(C)(=O)=O. The van der Waals surface area contributed by atoms with Gasteiger partial charge in [0, 0.05) is 6.04 Å². The van der Waals surface area contributed by atoms with Crippen LogP contribution in [-0.2, 0) is 14.8 Å². The molecule has 0 atom stereocenters. The molecule has 1 aromatic carbocycles. The largest absolute Gasteiger partial charge is 0.322 e. The first-order chi connectivity index (χ1) is 9.54. The Labute approximate surface area is 120 Å². The third kappa shape index (κ3) is 4.43. The van der Waals surface area contributed by atoms with Gasteiger partial charge in [-0.15, -0.1) is 0 Å². The van der Waals surface area contributed by atoms with Crippen molar-refractivity contribution in [3.63, 3.8) is 0 Å². The fourth-order valence-electron chi connectivity index (χ4n) is 1.64. The summed E-state index contributed by atoms with van der Waals surface area (Å²) in [6.45, 7) is 2.56. The molecule has 118 valence electrons. The van der Waals surface area contributed by atoms with Crippen molar-refractivity contribution in [2.75, 3.05) is 18.1 Å². The zero-order valence-electron chi connectivity index (χ0n) is 11.7. The summed E-state index contributed by atoms with van der Waals surface area (Å²) >= 11 is 0. The number of rotatable bonds is 5. The number of benzene rings is 1. The Bertz CT molecular complexity index is 647. The van der Waals surface area contributed by atoms with Crippen molar-refractivity contribution in [2.24, 2.45) is 0 Å². The Morgan fingerprint density at radius 1 is 1.24 bits per heavy atom. The predicted octanol–water partition coefficient (Wildman–Crippen LogP) is 1.71. The molecule has 1 rings (SSSR count). The van der Waals surface area contributed by atoms with Gasteiger partial charge in [-0.05, 0) is 26.0 Å². The summed E-state index contributed by atoms with van der Waals surface area (Å²) in [5, 5.41) is 2.01. The first kappa shape index (κ1) is 17.4. The number of halogens is 3. The lowest BCUT2D eigenvalue weighted by atomic mass is 10.2. The molecule has 0 aliphatic carbocycles. The zero-order valence-corrected chi connectivity index (χ0v) is 12.5. The molecule has 1 amide bonds. The van der Waals surface area contributed by atoms with E-state index in [4.69, 9.17) is 0 Å². The van der Waals surface area contributed by atoms with Crippen LogP contribution >= 0.6 is 0 Å². The van der Waals surface area contributed by atoms with E-state index in [1.54, 1.807) is 13.8 Å². The minimum atomic E-state index is -3.63. The third-order valence-electron chi connectivity index (χ3n) is 2.61. The molecule has 21 heavy (non-hydrogen) atoms. The van der Waals surface area contributed by atoms with E-state index in [9.17, 15) is 26.4 Å². The highest BCUT2D eigenvalue weighted by Gasteiger charge is 2.24. The first-order valence-corrected chi connectivity index (χ1v) is 7.79. The van der Waals surface area contributed by atoms with Crippen molar-refractivity contribution in [3.05, 3.63) is 29.6 Å². The molecule has 0 saturated carbocycles. The second-order valence-electron chi connectivity index (χ2n) is 4.67. The number of anilines is 1. The maximum Gasteiger partial charge on any atom is 0.239 e. The summed E-state index contributed by atoms with van der Waals surface area (Å²) < 4.78 is 63.0. The molecule has 0 saturated heterocycles. The molecule has 1 aromatic rings. The number of hydrogen-bond donors (Lipinski definition) is 1. The first-order valence-electron chi connectivity index (χ1n) is 5.94. The Morgan fingerprint density at radius 2 is 1.81 bits per heavy atom. The highest BCUT2D eigenvalue weighted by molar-refractivity contribution is 7.88.